The molecule has 0 fully saturated rings. The number of hydrogen-bond acceptors (Lipinski definition) is 4. The van der Waals surface area contributed by atoms with Crippen LogP contribution in [0.25, 0.3) is 0 Å². The summed E-state index contributed by atoms with van der Waals surface area (Å²) in [5.74, 6) is 1.43. The van der Waals surface area contributed by atoms with Crippen molar-refractivity contribution in [2.24, 2.45) is 0 Å². The minimum Gasteiger partial charge on any atom is -0.454 e. The van der Waals surface area contributed by atoms with Crippen molar-refractivity contribution in [2.45, 2.75) is 39.3 Å². The first-order chi connectivity index (χ1) is 10.2. The quantitative estimate of drug-likeness (QED) is 0.918. The number of fused-ring (bicyclic) bond motifs is 1. The van der Waals surface area contributed by atoms with Crippen LogP contribution in [0.1, 0.15) is 36.9 Å². The van der Waals surface area contributed by atoms with Crippen LogP contribution < -0.4 is 9.47 Å². The SMILES string of the molecule is CCc1cc(CC(O)c2ccc3c(c2)OCO3)n(CC)n1. The summed E-state index contributed by atoms with van der Waals surface area (Å²) in [7, 11) is 0. The molecule has 2 aromatic rings. The minimum absolute atomic E-state index is 0.247. The van der Waals surface area contributed by atoms with Crippen molar-refractivity contribution >= 4 is 0 Å². The van der Waals surface area contributed by atoms with Gasteiger partial charge in [-0.2, -0.15) is 5.10 Å². The van der Waals surface area contributed by atoms with Crippen molar-refractivity contribution in [1.82, 2.24) is 9.78 Å². The van der Waals surface area contributed by atoms with E-state index in [0.717, 1.165) is 35.7 Å². The molecule has 0 bridgehead atoms. The fraction of sp³-hybridized carbons (Fsp3) is 0.438. The number of ether oxygens (including phenoxy) is 2. The molecule has 1 atom stereocenters. The summed E-state index contributed by atoms with van der Waals surface area (Å²) in [5.41, 5.74) is 2.95. The second-order valence-electron chi connectivity index (χ2n) is 5.13. The summed E-state index contributed by atoms with van der Waals surface area (Å²) in [5, 5.41) is 15.0. The van der Waals surface area contributed by atoms with E-state index < -0.39 is 6.10 Å². The maximum absolute atomic E-state index is 10.5. The van der Waals surface area contributed by atoms with Crippen LogP contribution in [0.3, 0.4) is 0 Å². The number of aliphatic hydroxyl groups is 1. The summed E-state index contributed by atoms with van der Waals surface area (Å²) >= 11 is 0. The third-order valence-corrected chi connectivity index (χ3v) is 3.76. The first-order valence-electron chi connectivity index (χ1n) is 7.34. The van der Waals surface area contributed by atoms with Gasteiger partial charge in [0.05, 0.1) is 11.8 Å². The Kier molecular flexibility index (Phi) is 3.84. The molecule has 3 rings (SSSR count). The first-order valence-corrected chi connectivity index (χ1v) is 7.34. The van der Waals surface area contributed by atoms with E-state index in [1.54, 1.807) is 0 Å². The van der Waals surface area contributed by atoms with E-state index in [1.165, 1.54) is 0 Å². The molecule has 1 N–H and O–H groups in total. The molecule has 2 heterocycles. The highest BCUT2D eigenvalue weighted by Crippen LogP contribution is 2.34. The van der Waals surface area contributed by atoms with Gasteiger partial charge in [0.15, 0.2) is 11.5 Å². The van der Waals surface area contributed by atoms with Crippen LogP contribution in [0.15, 0.2) is 24.3 Å². The van der Waals surface area contributed by atoms with Crippen molar-refractivity contribution in [1.29, 1.82) is 0 Å². The van der Waals surface area contributed by atoms with E-state index in [9.17, 15) is 5.11 Å². The number of nitrogens with zero attached hydrogens (tertiary/aromatic N) is 2. The molecule has 1 aliphatic rings. The normalized spacial score (nSPS) is 14.4. The van der Waals surface area contributed by atoms with Gasteiger partial charge in [0, 0.05) is 18.7 Å². The van der Waals surface area contributed by atoms with Crippen LogP contribution in [0.5, 0.6) is 11.5 Å². The molecule has 5 nitrogen and oxygen atoms in total. The second-order valence-corrected chi connectivity index (χ2v) is 5.13. The maximum Gasteiger partial charge on any atom is 0.231 e. The van der Waals surface area contributed by atoms with E-state index in [4.69, 9.17) is 9.47 Å². The first kappa shape index (κ1) is 13.9. The van der Waals surface area contributed by atoms with Gasteiger partial charge in [0.1, 0.15) is 0 Å². The summed E-state index contributed by atoms with van der Waals surface area (Å²) < 4.78 is 12.6. The fourth-order valence-corrected chi connectivity index (χ4v) is 2.56. The Labute approximate surface area is 124 Å². The topological polar surface area (TPSA) is 56.5 Å². The van der Waals surface area contributed by atoms with Crippen molar-refractivity contribution in [3.05, 3.63) is 41.2 Å². The lowest BCUT2D eigenvalue weighted by molar-refractivity contribution is 0.170. The van der Waals surface area contributed by atoms with Gasteiger partial charge in [-0.25, -0.2) is 0 Å². The lowest BCUT2D eigenvalue weighted by Crippen LogP contribution is -2.08. The Morgan fingerprint density at radius 1 is 1.24 bits per heavy atom. The lowest BCUT2D eigenvalue weighted by Gasteiger charge is -2.12. The van der Waals surface area contributed by atoms with Crippen LogP contribution in [-0.4, -0.2) is 21.7 Å². The van der Waals surface area contributed by atoms with Crippen LogP contribution in [0, 0.1) is 0 Å². The van der Waals surface area contributed by atoms with Crippen LogP contribution >= 0.6 is 0 Å². The predicted molar refractivity (Wildman–Crippen MR) is 78.5 cm³/mol. The third-order valence-electron chi connectivity index (χ3n) is 3.76. The van der Waals surface area contributed by atoms with Gasteiger partial charge < -0.3 is 14.6 Å². The lowest BCUT2D eigenvalue weighted by atomic mass is 10.0. The number of benzene rings is 1. The zero-order valence-electron chi connectivity index (χ0n) is 12.4. The summed E-state index contributed by atoms with van der Waals surface area (Å²) in [6.07, 6.45) is 0.867. The standard InChI is InChI=1S/C16H20N2O3/c1-3-12-8-13(18(4-2)17-12)9-14(19)11-5-6-15-16(7-11)21-10-20-15/h5-8,14,19H,3-4,9-10H2,1-2H3. The van der Waals surface area contributed by atoms with Crippen LogP contribution in [0.2, 0.25) is 0 Å². The van der Waals surface area contributed by atoms with Gasteiger partial charge >= 0.3 is 0 Å². The van der Waals surface area contributed by atoms with Gasteiger partial charge in [-0.05, 0) is 37.1 Å². The summed E-state index contributed by atoms with van der Waals surface area (Å²) in [6, 6.07) is 7.64. The van der Waals surface area contributed by atoms with Crippen LogP contribution in [0.4, 0.5) is 0 Å². The molecule has 1 unspecified atom stereocenters. The molecule has 0 amide bonds. The van der Waals surface area contributed by atoms with Crippen molar-refractivity contribution in [3.63, 3.8) is 0 Å². The Bertz CT molecular complexity index is 636. The van der Waals surface area contributed by atoms with Gasteiger partial charge in [-0.1, -0.05) is 13.0 Å². The molecule has 5 heteroatoms. The second kappa shape index (κ2) is 5.77. The van der Waals surface area contributed by atoms with E-state index >= 15 is 0 Å². The number of aromatic nitrogens is 2. The monoisotopic (exact) mass is 288 g/mol. The molecule has 0 aliphatic carbocycles. The zero-order chi connectivity index (χ0) is 14.8. The van der Waals surface area contributed by atoms with Gasteiger partial charge in [-0.15, -0.1) is 0 Å². The van der Waals surface area contributed by atoms with Gasteiger partial charge in [-0.3, -0.25) is 4.68 Å². The molecule has 1 aromatic carbocycles. The highest BCUT2D eigenvalue weighted by atomic mass is 16.7. The van der Waals surface area contributed by atoms with E-state index in [2.05, 4.69) is 25.0 Å². The van der Waals surface area contributed by atoms with Crippen molar-refractivity contribution in [3.8, 4) is 11.5 Å². The van der Waals surface area contributed by atoms with Gasteiger partial charge in [0.25, 0.3) is 0 Å². The molecular weight excluding hydrogens is 268 g/mol. The molecule has 1 aliphatic heterocycles. The Balaban J connectivity index is 1.79. The van der Waals surface area contributed by atoms with E-state index in [-0.39, 0.29) is 6.79 Å². The van der Waals surface area contributed by atoms with Crippen molar-refractivity contribution < 1.29 is 14.6 Å². The number of rotatable bonds is 5. The zero-order valence-corrected chi connectivity index (χ0v) is 12.4. The largest absolute Gasteiger partial charge is 0.454 e. The Morgan fingerprint density at radius 3 is 2.81 bits per heavy atom. The molecule has 0 saturated heterocycles. The van der Waals surface area contributed by atoms with Gasteiger partial charge in [0.2, 0.25) is 6.79 Å². The molecule has 0 saturated carbocycles. The van der Waals surface area contributed by atoms with Crippen molar-refractivity contribution in [2.75, 3.05) is 6.79 Å². The Hall–Kier alpha value is -2.01. The summed E-state index contributed by atoms with van der Waals surface area (Å²) in [6.45, 7) is 5.20. The molecule has 112 valence electrons. The highest BCUT2D eigenvalue weighted by molar-refractivity contribution is 5.45. The molecule has 0 spiro atoms. The number of aliphatic hydroxyl groups excluding tert-OH is 1. The average molecular weight is 288 g/mol. The third kappa shape index (κ3) is 2.74. The molecule has 0 radical (unpaired) electrons. The van der Waals surface area contributed by atoms with E-state index in [1.807, 2.05) is 22.9 Å². The molecular formula is C16H20N2O3. The fourth-order valence-electron chi connectivity index (χ4n) is 2.56. The molecule has 21 heavy (non-hydrogen) atoms. The number of hydrogen-bond donors (Lipinski definition) is 1. The average Bonchev–Trinajstić information content (AvgIpc) is 3.12. The smallest absolute Gasteiger partial charge is 0.231 e. The van der Waals surface area contributed by atoms with E-state index in [0.29, 0.717) is 12.2 Å². The number of aryl methyl sites for hydroxylation is 2. The predicted octanol–water partition coefficient (Wildman–Crippen LogP) is 2.47. The maximum atomic E-state index is 10.5. The summed E-state index contributed by atoms with van der Waals surface area (Å²) in [4.78, 5) is 0. The minimum atomic E-state index is -0.578. The Morgan fingerprint density at radius 2 is 2.05 bits per heavy atom. The molecule has 1 aromatic heterocycles. The van der Waals surface area contributed by atoms with Crippen LogP contribution in [-0.2, 0) is 19.4 Å². The highest BCUT2D eigenvalue weighted by Gasteiger charge is 2.18.